The summed E-state index contributed by atoms with van der Waals surface area (Å²) in [5.41, 5.74) is 11.3. The second-order valence-corrected chi connectivity index (χ2v) is 3.70. The number of carbonyl (C=O) groups excluding carboxylic acids is 1. The van der Waals surface area contributed by atoms with E-state index in [0.717, 1.165) is 12.0 Å². The van der Waals surface area contributed by atoms with Crippen molar-refractivity contribution >= 4 is 17.7 Å². The summed E-state index contributed by atoms with van der Waals surface area (Å²) in [6.45, 7) is 3.92. The van der Waals surface area contributed by atoms with Crippen LogP contribution in [0.3, 0.4) is 0 Å². The van der Waals surface area contributed by atoms with Gasteiger partial charge in [-0.2, -0.15) is 4.99 Å². The fourth-order valence-electron chi connectivity index (χ4n) is 1.57. The van der Waals surface area contributed by atoms with Crippen molar-refractivity contribution in [3.63, 3.8) is 0 Å². The van der Waals surface area contributed by atoms with Crippen molar-refractivity contribution in [2.45, 2.75) is 20.3 Å². The van der Waals surface area contributed by atoms with Gasteiger partial charge in [-0.3, -0.25) is 4.90 Å². The van der Waals surface area contributed by atoms with Crippen LogP contribution in [0.4, 0.5) is 14.9 Å². The molecule has 0 bridgehead atoms. The Morgan fingerprint density at radius 2 is 2.06 bits per heavy atom. The van der Waals surface area contributed by atoms with E-state index in [2.05, 4.69) is 4.99 Å². The van der Waals surface area contributed by atoms with Crippen LogP contribution in [0.2, 0.25) is 0 Å². The fraction of sp³-hybridized carbons (Fsp3) is 0.333. The Morgan fingerprint density at radius 1 is 1.39 bits per heavy atom. The molecule has 4 N–H and O–H groups in total. The molecule has 6 heteroatoms. The van der Waals surface area contributed by atoms with E-state index in [4.69, 9.17) is 11.5 Å². The summed E-state index contributed by atoms with van der Waals surface area (Å²) in [6, 6.07) is 4.04. The van der Waals surface area contributed by atoms with Gasteiger partial charge in [0, 0.05) is 6.54 Å². The predicted octanol–water partition coefficient (Wildman–Crippen LogP) is 1.61. The zero-order chi connectivity index (χ0) is 13.7. The van der Waals surface area contributed by atoms with E-state index in [1.54, 1.807) is 19.1 Å². The Bertz CT molecular complexity index is 469. The molecule has 0 atom stereocenters. The number of rotatable bonds is 3. The Kier molecular flexibility index (Phi) is 4.65. The SMILES string of the molecule is CCc1ccc(N(CC)C(=O)N=C(N)N)c(F)c1. The van der Waals surface area contributed by atoms with Gasteiger partial charge in [-0.15, -0.1) is 0 Å². The Labute approximate surface area is 105 Å². The quantitative estimate of drug-likeness (QED) is 0.633. The Hall–Kier alpha value is -2.11. The third-order valence-electron chi connectivity index (χ3n) is 2.48. The lowest BCUT2D eigenvalue weighted by molar-refractivity contribution is 0.254. The van der Waals surface area contributed by atoms with Crippen LogP contribution in [0.15, 0.2) is 23.2 Å². The molecule has 2 amide bonds. The molecule has 0 aliphatic carbocycles. The van der Waals surface area contributed by atoms with Crippen LogP contribution < -0.4 is 16.4 Å². The molecular formula is C12H17FN4O. The first-order chi connectivity index (χ1) is 8.49. The molecule has 0 radical (unpaired) electrons. The van der Waals surface area contributed by atoms with Crippen LogP contribution in [0.25, 0.3) is 0 Å². The van der Waals surface area contributed by atoms with Gasteiger partial charge < -0.3 is 11.5 Å². The molecule has 0 aliphatic heterocycles. The molecule has 0 unspecified atom stereocenters. The van der Waals surface area contributed by atoms with Gasteiger partial charge in [0.05, 0.1) is 5.69 Å². The average molecular weight is 252 g/mol. The Morgan fingerprint density at radius 3 is 2.50 bits per heavy atom. The number of amides is 2. The summed E-state index contributed by atoms with van der Waals surface area (Å²) in [4.78, 5) is 16.3. The van der Waals surface area contributed by atoms with Gasteiger partial charge in [0.1, 0.15) is 5.82 Å². The molecule has 0 saturated heterocycles. The number of halogens is 1. The topological polar surface area (TPSA) is 84.7 Å². The first-order valence-corrected chi connectivity index (χ1v) is 5.69. The lowest BCUT2D eigenvalue weighted by Crippen LogP contribution is -2.33. The van der Waals surface area contributed by atoms with Gasteiger partial charge in [-0.05, 0) is 31.0 Å². The molecule has 0 saturated carbocycles. The average Bonchev–Trinajstić information content (AvgIpc) is 2.31. The van der Waals surface area contributed by atoms with E-state index in [0.29, 0.717) is 0 Å². The normalized spacial score (nSPS) is 9.94. The maximum atomic E-state index is 13.9. The van der Waals surface area contributed by atoms with E-state index in [9.17, 15) is 9.18 Å². The largest absolute Gasteiger partial charge is 0.370 e. The summed E-state index contributed by atoms with van der Waals surface area (Å²) in [6.07, 6.45) is 0.727. The van der Waals surface area contributed by atoms with Crippen LogP contribution in [0.1, 0.15) is 19.4 Å². The minimum Gasteiger partial charge on any atom is -0.370 e. The maximum Gasteiger partial charge on any atom is 0.351 e. The molecular weight excluding hydrogens is 235 g/mol. The van der Waals surface area contributed by atoms with Gasteiger partial charge in [0.15, 0.2) is 5.96 Å². The number of guanidine groups is 1. The smallest absolute Gasteiger partial charge is 0.351 e. The van der Waals surface area contributed by atoms with Gasteiger partial charge in [0.2, 0.25) is 0 Å². The standard InChI is InChI=1S/C12H17FN4O/c1-3-8-5-6-10(9(13)7-8)17(4-2)12(18)16-11(14)15/h5-7H,3-4H2,1-2H3,(H4,14,15,16,18). The lowest BCUT2D eigenvalue weighted by atomic mass is 10.1. The molecule has 5 nitrogen and oxygen atoms in total. The van der Waals surface area contributed by atoms with Crippen molar-refractivity contribution in [2.24, 2.45) is 16.5 Å². The summed E-state index contributed by atoms with van der Waals surface area (Å²) in [7, 11) is 0. The number of aliphatic imine (C=N–C) groups is 1. The number of carbonyl (C=O) groups is 1. The molecule has 0 aliphatic rings. The van der Waals surface area contributed by atoms with E-state index >= 15 is 0 Å². The van der Waals surface area contributed by atoms with Crippen LogP contribution >= 0.6 is 0 Å². The molecule has 1 aromatic carbocycles. The van der Waals surface area contributed by atoms with Crippen LogP contribution in [0.5, 0.6) is 0 Å². The van der Waals surface area contributed by atoms with Gasteiger partial charge in [-0.25, -0.2) is 9.18 Å². The van der Waals surface area contributed by atoms with E-state index < -0.39 is 11.8 Å². The van der Waals surface area contributed by atoms with Gasteiger partial charge in [-0.1, -0.05) is 13.0 Å². The molecule has 18 heavy (non-hydrogen) atoms. The van der Waals surface area contributed by atoms with Crippen LogP contribution in [0, 0.1) is 5.82 Å². The fourth-order valence-corrected chi connectivity index (χ4v) is 1.57. The third-order valence-corrected chi connectivity index (χ3v) is 2.48. The minimum atomic E-state index is -0.680. The van der Waals surface area contributed by atoms with Crippen molar-refractivity contribution in [2.75, 3.05) is 11.4 Å². The summed E-state index contributed by atoms with van der Waals surface area (Å²) >= 11 is 0. The second-order valence-electron chi connectivity index (χ2n) is 3.70. The molecule has 1 rings (SSSR count). The number of hydrogen-bond donors (Lipinski definition) is 2. The number of nitrogens with zero attached hydrogens (tertiary/aromatic N) is 2. The lowest BCUT2D eigenvalue weighted by Gasteiger charge is -2.19. The number of nitrogens with two attached hydrogens (primary N) is 2. The second kappa shape index (κ2) is 6.00. The van der Waals surface area contributed by atoms with Crippen molar-refractivity contribution in [1.29, 1.82) is 0 Å². The molecule has 0 spiro atoms. The number of benzene rings is 1. The molecule has 0 fully saturated rings. The molecule has 0 heterocycles. The monoisotopic (exact) mass is 252 g/mol. The van der Waals surface area contributed by atoms with Crippen molar-refractivity contribution < 1.29 is 9.18 Å². The Balaban J connectivity index is 3.09. The molecule has 1 aromatic rings. The molecule has 0 aromatic heterocycles. The zero-order valence-corrected chi connectivity index (χ0v) is 10.5. The van der Waals surface area contributed by atoms with Gasteiger partial charge in [0.25, 0.3) is 0 Å². The predicted molar refractivity (Wildman–Crippen MR) is 70.0 cm³/mol. The highest BCUT2D eigenvalue weighted by Crippen LogP contribution is 2.21. The van der Waals surface area contributed by atoms with E-state index in [1.165, 1.54) is 11.0 Å². The number of hydrogen-bond acceptors (Lipinski definition) is 1. The maximum absolute atomic E-state index is 13.9. The third kappa shape index (κ3) is 3.19. The number of aryl methyl sites for hydroxylation is 1. The van der Waals surface area contributed by atoms with Crippen molar-refractivity contribution in [1.82, 2.24) is 0 Å². The zero-order valence-electron chi connectivity index (χ0n) is 10.5. The number of urea groups is 1. The highest BCUT2D eigenvalue weighted by Gasteiger charge is 2.17. The first kappa shape index (κ1) is 14.0. The van der Waals surface area contributed by atoms with Crippen LogP contribution in [-0.4, -0.2) is 18.5 Å². The summed E-state index contributed by atoms with van der Waals surface area (Å²) < 4.78 is 13.9. The first-order valence-electron chi connectivity index (χ1n) is 5.69. The highest BCUT2D eigenvalue weighted by molar-refractivity contribution is 5.99. The summed E-state index contributed by atoms with van der Waals surface area (Å²) in [5.74, 6) is -0.806. The van der Waals surface area contributed by atoms with E-state index in [-0.39, 0.29) is 18.2 Å². The number of anilines is 1. The van der Waals surface area contributed by atoms with Crippen LogP contribution in [-0.2, 0) is 6.42 Å². The summed E-state index contributed by atoms with van der Waals surface area (Å²) in [5, 5.41) is 0. The highest BCUT2D eigenvalue weighted by atomic mass is 19.1. The molecule has 98 valence electrons. The van der Waals surface area contributed by atoms with Crippen molar-refractivity contribution in [3.05, 3.63) is 29.6 Å². The van der Waals surface area contributed by atoms with Gasteiger partial charge >= 0.3 is 6.03 Å². The van der Waals surface area contributed by atoms with Crippen molar-refractivity contribution in [3.8, 4) is 0 Å². The minimum absolute atomic E-state index is 0.171. The van der Waals surface area contributed by atoms with E-state index in [1.807, 2.05) is 6.92 Å².